The van der Waals surface area contributed by atoms with Crippen LogP contribution in [-0.4, -0.2) is 35.1 Å². The van der Waals surface area contributed by atoms with E-state index in [9.17, 15) is 9.18 Å². The summed E-state index contributed by atoms with van der Waals surface area (Å²) in [4.78, 5) is 20.2. The Morgan fingerprint density at radius 1 is 1.29 bits per heavy atom. The number of nitrogens with zero attached hydrogens (tertiary/aromatic N) is 2. The third-order valence-electron chi connectivity index (χ3n) is 4.75. The number of primary amides is 1. The summed E-state index contributed by atoms with van der Waals surface area (Å²) in [6.07, 6.45) is 7.04. The first-order chi connectivity index (χ1) is 13.5. The summed E-state index contributed by atoms with van der Waals surface area (Å²) in [6.45, 7) is 0.383. The maximum Gasteiger partial charge on any atom is 0.252 e. The lowest BCUT2D eigenvalue weighted by molar-refractivity contribution is 0.100. The molecule has 28 heavy (non-hydrogen) atoms. The van der Waals surface area contributed by atoms with Gasteiger partial charge in [-0.3, -0.25) is 9.78 Å². The highest BCUT2D eigenvalue weighted by molar-refractivity contribution is 5.98. The first-order valence-electron chi connectivity index (χ1n) is 9.20. The fourth-order valence-electron chi connectivity index (χ4n) is 3.33. The summed E-state index contributed by atoms with van der Waals surface area (Å²) in [7, 11) is 1.58. The molecule has 0 saturated heterocycles. The number of aromatic nitrogens is 2. The number of anilines is 3. The summed E-state index contributed by atoms with van der Waals surface area (Å²) in [6, 6.07) is 2.74. The highest BCUT2D eigenvalue weighted by atomic mass is 19.1. The van der Waals surface area contributed by atoms with Gasteiger partial charge >= 0.3 is 0 Å². The van der Waals surface area contributed by atoms with Crippen LogP contribution in [0.25, 0.3) is 0 Å². The molecule has 2 heterocycles. The van der Waals surface area contributed by atoms with Crippen LogP contribution in [0.2, 0.25) is 0 Å². The summed E-state index contributed by atoms with van der Waals surface area (Å²) >= 11 is 0. The van der Waals surface area contributed by atoms with E-state index in [-0.39, 0.29) is 29.3 Å². The monoisotopic (exact) mass is 388 g/mol. The molecule has 0 bridgehead atoms. The number of ether oxygens (including phenoxy) is 1. The lowest BCUT2D eigenvalue weighted by Crippen LogP contribution is -2.43. The van der Waals surface area contributed by atoms with Crippen LogP contribution < -0.4 is 22.1 Å². The molecule has 9 heteroatoms. The molecule has 1 fully saturated rings. The zero-order valence-corrected chi connectivity index (χ0v) is 15.7. The van der Waals surface area contributed by atoms with Gasteiger partial charge in [0.2, 0.25) is 0 Å². The number of rotatable bonds is 7. The van der Waals surface area contributed by atoms with Crippen molar-refractivity contribution < 1.29 is 13.9 Å². The van der Waals surface area contributed by atoms with Gasteiger partial charge in [-0.05, 0) is 30.5 Å². The van der Waals surface area contributed by atoms with E-state index >= 15 is 0 Å². The van der Waals surface area contributed by atoms with Crippen molar-refractivity contribution in [1.82, 2.24) is 9.97 Å². The van der Waals surface area contributed by atoms with Crippen molar-refractivity contribution in [2.45, 2.75) is 44.4 Å². The van der Waals surface area contributed by atoms with E-state index < -0.39 is 11.7 Å². The van der Waals surface area contributed by atoms with Crippen molar-refractivity contribution >= 4 is 23.2 Å². The number of nitrogens with one attached hydrogen (secondary N) is 2. The number of hydrogen-bond acceptors (Lipinski definition) is 7. The molecule has 2 aromatic rings. The molecule has 8 nitrogen and oxygen atoms in total. The van der Waals surface area contributed by atoms with Crippen molar-refractivity contribution in [3.05, 3.63) is 41.5 Å². The van der Waals surface area contributed by atoms with Crippen LogP contribution in [0, 0.1) is 5.82 Å². The highest BCUT2D eigenvalue weighted by Crippen LogP contribution is 2.26. The van der Waals surface area contributed by atoms with Gasteiger partial charge in [-0.1, -0.05) is 12.8 Å². The van der Waals surface area contributed by atoms with Crippen LogP contribution in [0.1, 0.15) is 41.6 Å². The average molecular weight is 388 g/mol. The van der Waals surface area contributed by atoms with Crippen molar-refractivity contribution in [3.63, 3.8) is 0 Å². The van der Waals surface area contributed by atoms with Gasteiger partial charge < -0.3 is 26.8 Å². The third kappa shape index (κ3) is 4.73. The van der Waals surface area contributed by atoms with Crippen molar-refractivity contribution in [1.29, 1.82) is 0 Å². The normalized spacial score (nSPS) is 19.2. The zero-order chi connectivity index (χ0) is 20.1. The lowest BCUT2D eigenvalue weighted by atomic mass is 9.91. The molecular formula is C19H25FN6O2. The Morgan fingerprint density at radius 2 is 2.07 bits per heavy atom. The Balaban J connectivity index is 1.90. The van der Waals surface area contributed by atoms with E-state index in [2.05, 4.69) is 20.6 Å². The molecule has 3 rings (SSSR count). The largest absolute Gasteiger partial charge is 0.380 e. The van der Waals surface area contributed by atoms with Crippen LogP contribution in [-0.2, 0) is 11.3 Å². The Kier molecular flexibility index (Phi) is 6.37. The molecule has 0 aromatic carbocycles. The molecule has 0 spiro atoms. The number of pyridine rings is 2. The maximum absolute atomic E-state index is 14.5. The highest BCUT2D eigenvalue weighted by Gasteiger charge is 2.24. The van der Waals surface area contributed by atoms with E-state index in [1.807, 2.05) is 0 Å². The Hall–Kier alpha value is -2.78. The van der Waals surface area contributed by atoms with Crippen molar-refractivity contribution in [2.75, 3.05) is 17.7 Å². The van der Waals surface area contributed by atoms with Gasteiger partial charge in [0.25, 0.3) is 5.91 Å². The molecule has 0 radical (unpaired) electrons. The number of carbonyl (C=O) groups excluding carboxylic acids is 1. The molecule has 2 aromatic heterocycles. The van der Waals surface area contributed by atoms with Gasteiger partial charge in [0.15, 0.2) is 11.6 Å². The molecule has 6 N–H and O–H groups in total. The fourth-order valence-corrected chi connectivity index (χ4v) is 3.33. The lowest BCUT2D eigenvalue weighted by Gasteiger charge is -2.30. The van der Waals surface area contributed by atoms with E-state index in [0.29, 0.717) is 12.3 Å². The molecule has 1 saturated carbocycles. The summed E-state index contributed by atoms with van der Waals surface area (Å²) in [5.74, 6) is -1.24. The summed E-state index contributed by atoms with van der Waals surface area (Å²) in [5.41, 5.74) is 12.9. The fraction of sp³-hybridized carbons (Fsp3) is 0.421. The van der Waals surface area contributed by atoms with Gasteiger partial charge in [0.05, 0.1) is 24.1 Å². The van der Waals surface area contributed by atoms with E-state index in [0.717, 1.165) is 37.3 Å². The number of methoxy groups -OCH3 is 1. The van der Waals surface area contributed by atoms with Gasteiger partial charge in [-0.25, -0.2) is 9.37 Å². The Bertz CT molecular complexity index is 847. The molecule has 1 aliphatic carbocycles. The van der Waals surface area contributed by atoms with E-state index in [4.69, 9.17) is 16.2 Å². The molecule has 150 valence electrons. The van der Waals surface area contributed by atoms with Crippen LogP contribution in [0.4, 0.5) is 21.7 Å². The number of hydrogen-bond donors (Lipinski definition) is 4. The van der Waals surface area contributed by atoms with Gasteiger partial charge in [-0.2, -0.15) is 0 Å². The second kappa shape index (κ2) is 8.94. The van der Waals surface area contributed by atoms with E-state index in [1.54, 1.807) is 25.6 Å². The van der Waals surface area contributed by atoms with Crippen LogP contribution in [0.5, 0.6) is 0 Å². The molecule has 1 amide bonds. The van der Waals surface area contributed by atoms with Crippen LogP contribution in [0.15, 0.2) is 24.5 Å². The minimum absolute atomic E-state index is 0.0378. The van der Waals surface area contributed by atoms with Crippen LogP contribution >= 0.6 is 0 Å². The minimum atomic E-state index is -0.782. The van der Waals surface area contributed by atoms with Gasteiger partial charge in [-0.15, -0.1) is 0 Å². The second-order valence-electron chi connectivity index (χ2n) is 6.92. The molecule has 0 unspecified atom stereocenters. The predicted octanol–water partition coefficient (Wildman–Crippen LogP) is 2.29. The van der Waals surface area contributed by atoms with Crippen molar-refractivity contribution in [2.24, 2.45) is 11.5 Å². The second-order valence-corrected chi connectivity index (χ2v) is 6.92. The molecule has 0 aliphatic heterocycles. The number of amides is 1. The Labute approximate surface area is 162 Å². The first-order valence-corrected chi connectivity index (χ1v) is 9.20. The minimum Gasteiger partial charge on any atom is -0.380 e. The van der Waals surface area contributed by atoms with Crippen LogP contribution in [0.3, 0.4) is 0 Å². The smallest absolute Gasteiger partial charge is 0.252 e. The maximum atomic E-state index is 14.5. The molecule has 2 atom stereocenters. The van der Waals surface area contributed by atoms with E-state index in [1.165, 1.54) is 0 Å². The number of nitrogens with two attached hydrogens (primary N) is 2. The summed E-state index contributed by atoms with van der Waals surface area (Å²) in [5, 5.41) is 6.08. The van der Waals surface area contributed by atoms with Gasteiger partial charge in [0, 0.05) is 25.4 Å². The predicted molar refractivity (Wildman–Crippen MR) is 105 cm³/mol. The molecular weight excluding hydrogens is 363 g/mol. The molecule has 1 aliphatic rings. The number of carbonyl (C=O) groups is 1. The standard InChI is InChI=1S/C19H25FN6O2/c1-28-10-11-6-12(9-23-8-11)24-18-13(17(22)27)7-14(20)19(26-18)25-16-5-3-2-4-15(16)21/h6-9,15-16H,2-5,10,21H2,1H3,(H2,22,27)(H2,24,25,26)/t15-,16+/m0/s1. The third-order valence-corrected chi connectivity index (χ3v) is 4.75. The average Bonchev–Trinajstić information content (AvgIpc) is 2.66. The van der Waals surface area contributed by atoms with Crippen molar-refractivity contribution in [3.8, 4) is 0 Å². The first kappa shape index (κ1) is 20.0. The quantitative estimate of drug-likeness (QED) is 0.573. The van der Waals surface area contributed by atoms with Gasteiger partial charge in [0.1, 0.15) is 5.82 Å². The zero-order valence-electron chi connectivity index (χ0n) is 15.7. The topological polar surface area (TPSA) is 128 Å². The SMILES string of the molecule is COCc1cncc(Nc2nc(N[C@@H]3CCCC[C@@H]3N)c(F)cc2C(N)=O)c1. The number of halogens is 1. The summed E-state index contributed by atoms with van der Waals surface area (Å²) < 4.78 is 19.6. The Morgan fingerprint density at radius 3 is 2.79 bits per heavy atom.